The highest BCUT2D eigenvalue weighted by Gasteiger charge is 2.14. The number of ether oxygens (including phenoxy) is 1. The third-order valence-electron chi connectivity index (χ3n) is 1.94. The first-order chi connectivity index (χ1) is 7.54. The molecule has 1 aromatic rings. The summed E-state index contributed by atoms with van der Waals surface area (Å²) in [6.07, 6.45) is 1.51. The maximum absolute atomic E-state index is 11.3. The minimum atomic E-state index is -0.618. The summed E-state index contributed by atoms with van der Waals surface area (Å²) in [5, 5.41) is 0. The Morgan fingerprint density at radius 2 is 2.06 bits per heavy atom. The SMILES string of the molecule is COC(=O)C(=Cc1cccc(Br)c1)C(C)=O. The van der Waals surface area contributed by atoms with E-state index < -0.39 is 5.97 Å². The number of hydrogen-bond acceptors (Lipinski definition) is 3. The standard InChI is InChI=1S/C12H11BrO3/c1-8(14)11(12(15)16-2)7-9-4-3-5-10(13)6-9/h3-7H,1-2H3. The first kappa shape index (κ1) is 12.6. The molecule has 0 radical (unpaired) electrons. The van der Waals surface area contributed by atoms with Gasteiger partial charge < -0.3 is 4.74 Å². The van der Waals surface area contributed by atoms with Gasteiger partial charge in [-0.05, 0) is 30.7 Å². The summed E-state index contributed by atoms with van der Waals surface area (Å²) in [4.78, 5) is 22.6. The van der Waals surface area contributed by atoms with Gasteiger partial charge in [-0.1, -0.05) is 28.1 Å². The number of halogens is 1. The van der Waals surface area contributed by atoms with Crippen molar-refractivity contribution in [3.63, 3.8) is 0 Å². The Hall–Kier alpha value is -1.42. The van der Waals surface area contributed by atoms with Crippen LogP contribution in [-0.2, 0) is 14.3 Å². The lowest BCUT2D eigenvalue weighted by atomic mass is 10.1. The molecule has 0 aliphatic carbocycles. The fraction of sp³-hybridized carbons (Fsp3) is 0.167. The van der Waals surface area contributed by atoms with E-state index in [4.69, 9.17) is 0 Å². The molecule has 4 heteroatoms. The molecule has 0 unspecified atom stereocenters. The Morgan fingerprint density at radius 1 is 1.38 bits per heavy atom. The Kier molecular flexibility index (Phi) is 4.43. The number of esters is 1. The van der Waals surface area contributed by atoms with Crippen LogP contribution in [0, 0.1) is 0 Å². The van der Waals surface area contributed by atoms with E-state index in [0.717, 1.165) is 10.0 Å². The topological polar surface area (TPSA) is 43.4 Å². The van der Waals surface area contributed by atoms with Crippen molar-refractivity contribution >= 4 is 33.8 Å². The van der Waals surface area contributed by atoms with Crippen molar-refractivity contribution in [3.8, 4) is 0 Å². The number of benzene rings is 1. The van der Waals surface area contributed by atoms with E-state index in [2.05, 4.69) is 20.7 Å². The lowest BCUT2D eigenvalue weighted by molar-refractivity contribution is -0.137. The van der Waals surface area contributed by atoms with Crippen molar-refractivity contribution in [2.24, 2.45) is 0 Å². The van der Waals surface area contributed by atoms with Crippen LogP contribution < -0.4 is 0 Å². The number of carbonyl (C=O) groups excluding carboxylic acids is 2. The van der Waals surface area contributed by atoms with Crippen molar-refractivity contribution in [2.75, 3.05) is 7.11 Å². The summed E-state index contributed by atoms with van der Waals surface area (Å²) in [6, 6.07) is 7.30. The smallest absolute Gasteiger partial charge is 0.341 e. The minimum absolute atomic E-state index is 0.0422. The van der Waals surface area contributed by atoms with Gasteiger partial charge in [0.15, 0.2) is 5.78 Å². The van der Waals surface area contributed by atoms with Crippen LogP contribution in [-0.4, -0.2) is 18.9 Å². The van der Waals surface area contributed by atoms with Crippen LogP contribution in [0.1, 0.15) is 12.5 Å². The molecule has 84 valence electrons. The summed E-state index contributed by atoms with van der Waals surface area (Å²) in [7, 11) is 1.25. The van der Waals surface area contributed by atoms with Crippen LogP contribution >= 0.6 is 15.9 Å². The average Bonchev–Trinajstić information content (AvgIpc) is 2.24. The maximum atomic E-state index is 11.3. The highest BCUT2D eigenvalue weighted by atomic mass is 79.9. The van der Waals surface area contributed by atoms with E-state index in [9.17, 15) is 9.59 Å². The van der Waals surface area contributed by atoms with E-state index in [-0.39, 0.29) is 11.4 Å². The zero-order chi connectivity index (χ0) is 12.1. The van der Waals surface area contributed by atoms with Gasteiger partial charge in [0.25, 0.3) is 0 Å². The highest BCUT2D eigenvalue weighted by molar-refractivity contribution is 9.10. The molecule has 0 spiro atoms. The van der Waals surface area contributed by atoms with Gasteiger partial charge in [0, 0.05) is 4.47 Å². The number of rotatable bonds is 3. The molecule has 0 amide bonds. The molecule has 0 aliphatic heterocycles. The van der Waals surface area contributed by atoms with Gasteiger partial charge >= 0.3 is 5.97 Å². The van der Waals surface area contributed by atoms with Crippen LogP contribution in [0.5, 0.6) is 0 Å². The Labute approximate surface area is 102 Å². The zero-order valence-corrected chi connectivity index (χ0v) is 10.6. The molecule has 0 N–H and O–H groups in total. The van der Waals surface area contributed by atoms with Crippen LogP contribution in [0.4, 0.5) is 0 Å². The van der Waals surface area contributed by atoms with E-state index in [1.54, 1.807) is 6.07 Å². The van der Waals surface area contributed by atoms with Gasteiger partial charge in [-0.3, -0.25) is 4.79 Å². The van der Waals surface area contributed by atoms with Gasteiger partial charge in [0.05, 0.1) is 7.11 Å². The second-order valence-electron chi connectivity index (χ2n) is 3.16. The molecular weight excluding hydrogens is 272 g/mol. The van der Waals surface area contributed by atoms with Gasteiger partial charge in [0.1, 0.15) is 5.57 Å². The largest absolute Gasteiger partial charge is 0.465 e. The number of Topliss-reactive ketones (excluding diaryl/α,β-unsaturated/α-hetero) is 1. The number of methoxy groups -OCH3 is 1. The fourth-order valence-corrected chi connectivity index (χ4v) is 1.59. The van der Waals surface area contributed by atoms with Gasteiger partial charge in [-0.15, -0.1) is 0 Å². The predicted octanol–water partition coefficient (Wildman–Crippen LogP) is 2.59. The average molecular weight is 283 g/mol. The maximum Gasteiger partial charge on any atom is 0.341 e. The monoisotopic (exact) mass is 282 g/mol. The fourth-order valence-electron chi connectivity index (χ4n) is 1.18. The molecular formula is C12H11BrO3. The molecule has 0 heterocycles. The summed E-state index contributed by atoms with van der Waals surface area (Å²) in [5.74, 6) is -0.931. The molecule has 0 saturated carbocycles. The minimum Gasteiger partial charge on any atom is -0.465 e. The van der Waals surface area contributed by atoms with E-state index in [1.165, 1.54) is 20.1 Å². The first-order valence-corrected chi connectivity index (χ1v) is 5.40. The summed E-state index contributed by atoms with van der Waals surface area (Å²) in [5.41, 5.74) is 0.811. The van der Waals surface area contributed by atoms with E-state index in [1.807, 2.05) is 18.2 Å². The molecule has 1 aromatic carbocycles. The summed E-state index contributed by atoms with van der Waals surface area (Å²) < 4.78 is 5.42. The van der Waals surface area contributed by atoms with Crippen LogP contribution in [0.2, 0.25) is 0 Å². The molecule has 0 aromatic heterocycles. The summed E-state index contributed by atoms with van der Waals surface area (Å²) in [6.45, 7) is 1.33. The molecule has 3 nitrogen and oxygen atoms in total. The quantitative estimate of drug-likeness (QED) is 0.370. The van der Waals surface area contributed by atoms with Crippen molar-refractivity contribution in [1.82, 2.24) is 0 Å². The molecule has 1 rings (SSSR count). The second-order valence-corrected chi connectivity index (χ2v) is 4.08. The Morgan fingerprint density at radius 3 is 2.56 bits per heavy atom. The van der Waals surface area contributed by atoms with Crippen molar-refractivity contribution in [2.45, 2.75) is 6.92 Å². The van der Waals surface area contributed by atoms with Crippen molar-refractivity contribution < 1.29 is 14.3 Å². The molecule has 0 bridgehead atoms. The number of hydrogen-bond donors (Lipinski definition) is 0. The van der Waals surface area contributed by atoms with Gasteiger partial charge in [0.2, 0.25) is 0 Å². The molecule has 0 fully saturated rings. The second kappa shape index (κ2) is 5.61. The van der Waals surface area contributed by atoms with Gasteiger partial charge in [-0.25, -0.2) is 4.79 Å². The first-order valence-electron chi connectivity index (χ1n) is 4.61. The van der Waals surface area contributed by atoms with Crippen LogP contribution in [0.3, 0.4) is 0 Å². The predicted molar refractivity (Wildman–Crippen MR) is 64.8 cm³/mol. The van der Waals surface area contributed by atoms with E-state index in [0.29, 0.717) is 0 Å². The highest BCUT2D eigenvalue weighted by Crippen LogP contribution is 2.15. The van der Waals surface area contributed by atoms with E-state index >= 15 is 0 Å². The third kappa shape index (κ3) is 3.31. The Bertz CT molecular complexity index is 449. The lowest BCUT2D eigenvalue weighted by Crippen LogP contribution is -2.11. The molecule has 16 heavy (non-hydrogen) atoms. The summed E-state index contributed by atoms with van der Waals surface area (Å²) >= 11 is 3.31. The molecule has 0 aliphatic rings. The third-order valence-corrected chi connectivity index (χ3v) is 2.44. The van der Waals surface area contributed by atoms with Crippen LogP contribution in [0.15, 0.2) is 34.3 Å². The molecule has 0 atom stereocenters. The van der Waals surface area contributed by atoms with Gasteiger partial charge in [-0.2, -0.15) is 0 Å². The Balaban J connectivity index is 3.12. The van der Waals surface area contributed by atoms with Crippen molar-refractivity contribution in [1.29, 1.82) is 0 Å². The zero-order valence-electron chi connectivity index (χ0n) is 8.99. The molecule has 0 saturated heterocycles. The van der Waals surface area contributed by atoms with Crippen LogP contribution in [0.25, 0.3) is 6.08 Å². The number of ketones is 1. The normalized spacial score (nSPS) is 11.1. The lowest BCUT2D eigenvalue weighted by Gasteiger charge is -2.01. The van der Waals surface area contributed by atoms with Crippen molar-refractivity contribution in [3.05, 3.63) is 39.9 Å². The number of carbonyl (C=O) groups is 2.